The van der Waals surface area contributed by atoms with E-state index in [-0.39, 0.29) is 21.6 Å². The number of carbonyl (C=O) groups is 1. The minimum absolute atomic E-state index is 0.0727. The van der Waals surface area contributed by atoms with Crippen LogP contribution in [0.2, 0.25) is 5.02 Å². The molecule has 14 heteroatoms. The predicted octanol–water partition coefficient (Wildman–Crippen LogP) is 5.28. The number of hydrogen-bond acceptors (Lipinski definition) is 8. The third kappa shape index (κ3) is 5.90. The van der Waals surface area contributed by atoms with Crippen molar-refractivity contribution in [2.24, 2.45) is 0 Å². The van der Waals surface area contributed by atoms with Gasteiger partial charge < -0.3 is 9.74 Å². The first kappa shape index (κ1) is 28.1. The van der Waals surface area contributed by atoms with E-state index in [9.17, 15) is 26.4 Å². The second-order valence-corrected chi connectivity index (χ2v) is 11.6. The molecule has 2 atom stereocenters. The topological polar surface area (TPSA) is 83.0 Å². The van der Waals surface area contributed by atoms with Gasteiger partial charge >= 0.3 is 12.1 Å². The average Bonchev–Trinajstić information content (AvgIpc) is 3.59. The molecule has 1 aromatic heterocycles. The number of halogens is 4. The van der Waals surface area contributed by atoms with E-state index in [1.165, 1.54) is 23.2 Å². The van der Waals surface area contributed by atoms with Gasteiger partial charge in [0.05, 0.1) is 21.1 Å². The number of likely N-dealkylation sites (N-methyl/N-ethyl adjacent to an activating group) is 1. The summed E-state index contributed by atoms with van der Waals surface area (Å²) in [5.74, 6) is -3.20. The molecule has 0 spiro atoms. The van der Waals surface area contributed by atoms with E-state index in [0.717, 1.165) is 42.3 Å². The Morgan fingerprint density at radius 3 is 2.55 bits per heavy atom. The number of hydrogen-bond donors (Lipinski definition) is 0. The zero-order chi connectivity index (χ0) is 27.7. The summed E-state index contributed by atoms with van der Waals surface area (Å²) in [6.07, 6.45) is -4.56. The number of rotatable bonds is 8. The van der Waals surface area contributed by atoms with Gasteiger partial charge in [0.2, 0.25) is 0 Å². The van der Waals surface area contributed by atoms with Crippen LogP contribution in [0.4, 0.5) is 24.7 Å². The molecule has 1 fully saturated rings. The van der Waals surface area contributed by atoms with Gasteiger partial charge in [0, 0.05) is 37.6 Å². The molecule has 0 bridgehead atoms. The number of benzene rings is 2. The summed E-state index contributed by atoms with van der Waals surface area (Å²) in [5.41, 5.74) is 2.95. The molecule has 204 valence electrons. The van der Waals surface area contributed by atoms with Crippen molar-refractivity contribution in [3.05, 3.63) is 70.0 Å². The van der Waals surface area contributed by atoms with E-state index < -0.39 is 32.9 Å². The summed E-state index contributed by atoms with van der Waals surface area (Å²) >= 11 is 7.38. The molecule has 2 heterocycles. The number of likely N-dealkylation sites (tertiary alicyclic amines) is 1. The Bertz CT molecular complexity index is 1380. The second kappa shape index (κ2) is 11.1. The van der Waals surface area contributed by atoms with Crippen molar-refractivity contribution in [2.45, 2.75) is 36.5 Å². The number of anilines is 2. The van der Waals surface area contributed by atoms with Crippen molar-refractivity contribution < 1.29 is 31.2 Å². The lowest BCUT2D eigenvalue weighted by molar-refractivity contribution is -0.199. The number of thiazole rings is 1. The molecule has 0 amide bonds. The first-order valence-electron chi connectivity index (χ1n) is 11.4. The highest BCUT2D eigenvalue weighted by Crippen LogP contribution is 2.35. The SMILES string of the molecule is C[C@@H](c1ccccc1)N1CC[C@H](N(C)c2ccc(S(=O)(=O)N(OC(=O)C(F)(F)F)c3cscn3)cc2Cl)C1. The van der Waals surface area contributed by atoms with Gasteiger partial charge in [0.25, 0.3) is 10.0 Å². The first-order chi connectivity index (χ1) is 17.9. The molecule has 0 unspecified atom stereocenters. The highest BCUT2D eigenvalue weighted by Gasteiger charge is 2.45. The number of aromatic nitrogens is 1. The summed E-state index contributed by atoms with van der Waals surface area (Å²) in [6.45, 7) is 3.76. The van der Waals surface area contributed by atoms with Crippen LogP contribution < -0.4 is 9.37 Å². The molecule has 8 nitrogen and oxygen atoms in total. The molecular formula is C24H24ClF3N4O4S2. The lowest BCUT2D eigenvalue weighted by Crippen LogP contribution is -2.39. The summed E-state index contributed by atoms with van der Waals surface area (Å²) in [7, 11) is -2.94. The van der Waals surface area contributed by atoms with E-state index >= 15 is 0 Å². The Kier molecular flexibility index (Phi) is 8.21. The van der Waals surface area contributed by atoms with Crippen LogP contribution in [0.3, 0.4) is 0 Å². The van der Waals surface area contributed by atoms with Gasteiger partial charge in [-0.15, -0.1) is 11.3 Å². The van der Waals surface area contributed by atoms with Crippen molar-refractivity contribution in [1.29, 1.82) is 0 Å². The molecular weight excluding hydrogens is 565 g/mol. The first-order valence-corrected chi connectivity index (χ1v) is 14.2. The Labute approximate surface area is 227 Å². The van der Waals surface area contributed by atoms with Crippen molar-refractivity contribution >= 4 is 50.4 Å². The van der Waals surface area contributed by atoms with E-state index in [0.29, 0.717) is 5.69 Å². The van der Waals surface area contributed by atoms with E-state index in [1.54, 1.807) is 0 Å². The lowest BCUT2D eigenvalue weighted by Gasteiger charge is -2.30. The maximum absolute atomic E-state index is 13.2. The van der Waals surface area contributed by atoms with Gasteiger partial charge in [-0.2, -0.15) is 21.6 Å². The minimum atomic E-state index is -5.42. The van der Waals surface area contributed by atoms with Crippen LogP contribution in [0.15, 0.2) is 64.3 Å². The molecule has 0 radical (unpaired) electrons. The second-order valence-electron chi connectivity index (χ2n) is 8.70. The average molecular weight is 589 g/mol. The van der Waals surface area contributed by atoms with Gasteiger partial charge in [0.1, 0.15) is 0 Å². The van der Waals surface area contributed by atoms with E-state index in [4.69, 9.17) is 11.6 Å². The molecule has 1 saturated heterocycles. The van der Waals surface area contributed by atoms with Crippen molar-refractivity contribution in [3.63, 3.8) is 0 Å². The van der Waals surface area contributed by atoms with Crippen LogP contribution in [-0.2, 0) is 19.7 Å². The number of alkyl halides is 3. The summed E-state index contributed by atoms with van der Waals surface area (Å²) in [4.78, 5) is 23.2. The van der Waals surface area contributed by atoms with Crippen molar-refractivity contribution in [3.8, 4) is 0 Å². The van der Waals surface area contributed by atoms with Crippen LogP contribution in [0.5, 0.6) is 0 Å². The molecule has 0 N–H and O–H groups in total. The summed E-state index contributed by atoms with van der Waals surface area (Å²) in [5, 5.41) is 1.20. The van der Waals surface area contributed by atoms with Crippen LogP contribution >= 0.6 is 22.9 Å². The Balaban J connectivity index is 1.54. The maximum Gasteiger partial charge on any atom is 0.493 e. The Hall–Kier alpha value is -2.87. The highest BCUT2D eigenvalue weighted by molar-refractivity contribution is 7.92. The van der Waals surface area contributed by atoms with Crippen LogP contribution in [0.25, 0.3) is 0 Å². The molecule has 1 aliphatic rings. The van der Waals surface area contributed by atoms with Gasteiger partial charge in [-0.1, -0.05) is 46.4 Å². The van der Waals surface area contributed by atoms with Crippen molar-refractivity contribution in [1.82, 2.24) is 9.88 Å². The predicted molar refractivity (Wildman–Crippen MR) is 139 cm³/mol. The molecule has 1 aliphatic heterocycles. The molecule has 38 heavy (non-hydrogen) atoms. The quantitative estimate of drug-likeness (QED) is 0.331. The third-order valence-corrected chi connectivity index (χ3v) is 8.82. The van der Waals surface area contributed by atoms with Crippen LogP contribution in [0.1, 0.15) is 24.9 Å². The Morgan fingerprint density at radius 1 is 1.24 bits per heavy atom. The fraction of sp³-hybridized carbons (Fsp3) is 0.333. The zero-order valence-electron chi connectivity index (χ0n) is 20.3. The Morgan fingerprint density at radius 2 is 1.95 bits per heavy atom. The maximum atomic E-state index is 13.2. The van der Waals surface area contributed by atoms with E-state index in [2.05, 4.69) is 33.8 Å². The number of sulfonamides is 1. The largest absolute Gasteiger partial charge is 0.493 e. The monoisotopic (exact) mass is 588 g/mol. The molecule has 0 aliphatic carbocycles. The van der Waals surface area contributed by atoms with Gasteiger partial charge in [-0.05, 0) is 37.1 Å². The van der Waals surface area contributed by atoms with Gasteiger partial charge in [0.15, 0.2) is 5.82 Å². The summed E-state index contributed by atoms with van der Waals surface area (Å²) < 4.78 is 64.7. The molecule has 2 aromatic carbocycles. The van der Waals surface area contributed by atoms with Gasteiger partial charge in [-0.25, -0.2) is 9.78 Å². The van der Waals surface area contributed by atoms with Crippen LogP contribution in [0, 0.1) is 0 Å². The zero-order valence-corrected chi connectivity index (χ0v) is 22.7. The van der Waals surface area contributed by atoms with E-state index in [1.807, 2.05) is 30.1 Å². The lowest BCUT2D eigenvalue weighted by atomic mass is 10.1. The smallest absolute Gasteiger partial charge is 0.369 e. The summed E-state index contributed by atoms with van der Waals surface area (Å²) in [6, 6.07) is 14.2. The molecule has 4 rings (SSSR count). The molecule has 3 aromatic rings. The minimum Gasteiger partial charge on any atom is -0.369 e. The van der Waals surface area contributed by atoms with Crippen molar-refractivity contribution in [2.75, 3.05) is 29.5 Å². The van der Waals surface area contributed by atoms with Gasteiger partial charge in [-0.3, -0.25) is 4.90 Å². The number of carbonyl (C=O) groups excluding carboxylic acids is 1. The highest BCUT2D eigenvalue weighted by atomic mass is 35.5. The fourth-order valence-corrected chi connectivity index (χ4v) is 6.41. The normalized spacial score (nSPS) is 17.3. The van der Waals surface area contributed by atoms with Crippen LogP contribution in [-0.4, -0.2) is 56.6 Å². The molecule has 0 saturated carbocycles. The third-order valence-electron chi connectivity index (χ3n) is 6.39. The standard InChI is InChI=1S/C24H24ClF3N4O4S2/c1-16(17-6-4-3-5-7-17)31-11-10-18(13-31)30(2)21-9-8-19(12-20(21)25)38(34,35)32(22-14-37-15-29-22)36-23(33)24(26,27)28/h3-9,12,14-16,18H,10-11,13H2,1-2H3/t16-,18-/m0/s1. The fourth-order valence-electron chi connectivity index (χ4n) is 4.25. The number of nitrogens with zero attached hydrogens (tertiary/aromatic N) is 4.